The van der Waals surface area contributed by atoms with Crippen molar-refractivity contribution >= 4 is 29.9 Å². The van der Waals surface area contributed by atoms with E-state index in [1.807, 2.05) is 42.5 Å². The monoisotopic (exact) mass is 410 g/mol. The van der Waals surface area contributed by atoms with Crippen molar-refractivity contribution in [3.63, 3.8) is 0 Å². The van der Waals surface area contributed by atoms with Crippen LogP contribution in [-0.2, 0) is 22.7 Å². The summed E-state index contributed by atoms with van der Waals surface area (Å²) in [5, 5.41) is 3.53. The second-order valence-electron chi connectivity index (χ2n) is 6.44. The van der Waals surface area contributed by atoms with Crippen LogP contribution in [0.5, 0.6) is 5.75 Å². The highest BCUT2D eigenvalue weighted by molar-refractivity contribution is 6.32. The van der Waals surface area contributed by atoms with Gasteiger partial charge in [-0.2, -0.15) is 0 Å². The van der Waals surface area contributed by atoms with E-state index in [0.29, 0.717) is 50.0 Å². The fourth-order valence-electron chi connectivity index (χ4n) is 2.90. The predicted octanol–water partition coefficient (Wildman–Crippen LogP) is 3.46. The lowest BCUT2D eigenvalue weighted by Crippen LogP contribution is -2.56. The van der Waals surface area contributed by atoms with Gasteiger partial charge in [0.25, 0.3) is 0 Å². The van der Waals surface area contributed by atoms with Crippen molar-refractivity contribution < 1.29 is 14.3 Å². The maximum absolute atomic E-state index is 12.5. The standard InChI is InChI=1S/C20H23ClN2O3.ClH/c21-17-7-3-4-8-18(17)26-14-16-6-2-1-5-15(16)13-23-19(24)20(22)9-11-25-12-10-20;/h1-8H,9-14,22H2,(H,23,24);1H. The first-order valence-electron chi connectivity index (χ1n) is 8.67. The number of rotatable bonds is 6. The van der Waals surface area contributed by atoms with E-state index in [1.165, 1.54) is 0 Å². The zero-order chi connectivity index (χ0) is 18.4. The number of hydrogen-bond acceptors (Lipinski definition) is 4. The molecule has 0 aromatic heterocycles. The minimum absolute atomic E-state index is 0. The summed E-state index contributed by atoms with van der Waals surface area (Å²) in [6, 6.07) is 15.2. The van der Waals surface area contributed by atoms with E-state index in [2.05, 4.69) is 5.32 Å². The van der Waals surface area contributed by atoms with E-state index in [4.69, 9.17) is 26.8 Å². The van der Waals surface area contributed by atoms with Crippen LogP contribution < -0.4 is 15.8 Å². The van der Waals surface area contributed by atoms with Gasteiger partial charge in [0.15, 0.2) is 0 Å². The molecule has 2 aromatic carbocycles. The smallest absolute Gasteiger partial charge is 0.240 e. The summed E-state index contributed by atoms with van der Waals surface area (Å²) in [5.41, 5.74) is 7.36. The molecule has 1 heterocycles. The first-order valence-corrected chi connectivity index (χ1v) is 9.05. The van der Waals surface area contributed by atoms with E-state index in [9.17, 15) is 4.79 Å². The second-order valence-corrected chi connectivity index (χ2v) is 6.85. The third-order valence-corrected chi connectivity index (χ3v) is 4.93. The summed E-state index contributed by atoms with van der Waals surface area (Å²) >= 11 is 6.13. The lowest BCUT2D eigenvalue weighted by molar-refractivity contribution is -0.129. The number of amides is 1. The maximum Gasteiger partial charge on any atom is 0.240 e. The predicted molar refractivity (Wildman–Crippen MR) is 108 cm³/mol. The van der Waals surface area contributed by atoms with Crippen LogP contribution in [0.1, 0.15) is 24.0 Å². The molecule has 1 aliphatic rings. The number of nitrogens with two attached hydrogens (primary N) is 1. The Morgan fingerprint density at radius 3 is 2.44 bits per heavy atom. The van der Waals surface area contributed by atoms with Gasteiger partial charge in [-0.25, -0.2) is 0 Å². The SMILES string of the molecule is Cl.NC1(C(=O)NCc2ccccc2COc2ccccc2Cl)CCOCC1. The summed E-state index contributed by atoms with van der Waals surface area (Å²) < 4.78 is 11.1. The Morgan fingerprint density at radius 1 is 1.11 bits per heavy atom. The average Bonchev–Trinajstić information content (AvgIpc) is 2.66. The molecule has 27 heavy (non-hydrogen) atoms. The van der Waals surface area contributed by atoms with Crippen LogP contribution >= 0.6 is 24.0 Å². The average molecular weight is 411 g/mol. The van der Waals surface area contributed by atoms with E-state index >= 15 is 0 Å². The molecule has 5 nitrogen and oxygen atoms in total. The molecule has 0 atom stereocenters. The zero-order valence-electron chi connectivity index (χ0n) is 14.9. The van der Waals surface area contributed by atoms with Gasteiger partial charge in [0.1, 0.15) is 12.4 Å². The van der Waals surface area contributed by atoms with Crippen LogP contribution in [0, 0.1) is 0 Å². The minimum Gasteiger partial charge on any atom is -0.487 e. The highest BCUT2D eigenvalue weighted by Gasteiger charge is 2.35. The van der Waals surface area contributed by atoms with E-state index in [1.54, 1.807) is 6.07 Å². The van der Waals surface area contributed by atoms with Crippen molar-refractivity contribution in [2.75, 3.05) is 13.2 Å². The Labute approximate surface area is 170 Å². The third-order valence-electron chi connectivity index (χ3n) is 4.61. The first kappa shape index (κ1) is 21.5. The lowest BCUT2D eigenvalue weighted by Gasteiger charge is -2.31. The van der Waals surface area contributed by atoms with Gasteiger partial charge >= 0.3 is 0 Å². The molecule has 0 radical (unpaired) electrons. The molecular formula is C20H24Cl2N2O3. The van der Waals surface area contributed by atoms with Gasteiger partial charge in [0, 0.05) is 19.8 Å². The summed E-state index contributed by atoms with van der Waals surface area (Å²) in [6.07, 6.45) is 1.08. The number of nitrogens with one attached hydrogen (secondary N) is 1. The highest BCUT2D eigenvalue weighted by Crippen LogP contribution is 2.24. The Balaban J connectivity index is 0.00000261. The number of ether oxygens (including phenoxy) is 2. The van der Waals surface area contributed by atoms with Crippen LogP contribution in [0.3, 0.4) is 0 Å². The van der Waals surface area contributed by atoms with Crippen molar-refractivity contribution in [3.8, 4) is 5.75 Å². The van der Waals surface area contributed by atoms with Crippen LogP contribution in [-0.4, -0.2) is 24.7 Å². The largest absolute Gasteiger partial charge is 0.487 e. The number of carbonyl (C=O) groups excluding carboxylic acids is 1. The lowest BCUT2D eigenvalue weighted by atomic mass is 9.90. The molecule has 1 fully saturated rings. The molecule has 1 amide bonds. The van der Waals surface area contributed by atoms with Crippen LogP contribution in [0.25, 0.3) is 0 Å². The van der Waals surface area contributed by atoms with Gasteiger partial charge < -0.3 is 20.5 Å². The molecule has 0 bridgehead atoms. The van der Waals surface area contributed by atoms with Gasteiger partial charge in [-0.3, -0.25) is 4.79 Å². The zero-order valence-corrected chi connectivity index (χ0v) is 16.5. The van der Waals surface area contributed by atoms with Crippen molar-refractivity contribution in [1.29, 1.82) is 0 Å². The first-order chi connectivity index (χ1) is 12.6. The van der Waals surface area contributed by atoms with Gasteiger partial charge in [-0.15, -0.1) is 12.4 Å². The summed E-state index contributed by atoms with van der Waals surface area (Å²) in [4.78, 5) is 12.5. The minimum atomic E-state index is -0.846. The molecule has 0 unspecified atom stereocenters. The van der Waals surface area contributed by atoms with Gasteiger partial charge in [-0.05, 0) is 36.1 Å². The van der Waals surface area contributed by atoms with Crippen molar-refractivity contribution in [2.45, 2.75) is 31.5 Å². The molecule has 1 saturated heterocycles. The third kappa shape index (κ3) is 5.59. The van der Waals surface area contributed by atoms with Crippen LogP contribution in [0.4, 0.5) is 0 Å². The van der Waals surface area contributed by atoms with Crippen LogP contribution in [0.2, 0.25) is 5.02 Å². The molecule has 0 spiro atoms. The molecular weight excluding hydrogens is 387 g/mol. The molecule has 146 valence electrons. The van der Waals surface area contributed by atoms with Crippen molar-refractivity contribution in [2.24, 2.45) is 5.73 Å². The second kappa shape index (κ2) is 9.95. The van der Waals surface area contributed by atoms with E-state index < -0.39 is 5.54 Å². The Hall–Kier alpha value is -1.79. The maximum atomic E-state index is 12.5. The Morgan fingerprint density at radius 2 is 1.74 bits per heavy atom. The van der Waals surface area contributed by atoms with Crippen LogP contribution in [0.15, 0.2) is 48.5 Å². The number of benzene rings is 2. The Bertz CT molecular complexity index is 764. The summed E-state index contributed by atoms with van der Waals surface area (Å²) in [6.45, 7) is 1.82. The van der Waals surface area contributed by atoms with Gasteiger partial charge in [0.05, 0.1) is 10.6 Å². The fraction of sp³-hybridized carbons (Fsp3) is 0.350. The topological polar surface area (TPSA) is 73.6 Å². The molecule has 1 aliphatic heterocycles. The molecule has 0 saturated carbocycles. The van der Waals surface area contributed by atoms with E-state index in [0.717, 1.165) is 11.1 Å². The molecule has 3 N–H and O–H groups in total. The fourth-order valence-corrected chi connectivity index (χ4v) is 3.09. The number of halogens is 2. The summed E-state index contributed by atoms with van der Waals surface area (Å²) in [7, 11) is 0. The summed E-state index contributed by atoms with van der Waals surface area (Å²) in [5.74, 6) is 0.499. The van der Waals surface area contributed by atoms with Crippen molar-refractivity contribution in [3.05, 3.63) is 64.7 Å². The number of hydrogen-bond donors (Lipinski definition) is 2. The quantitative estimate of drug-likeness (QED) is 0.764. The molecule has 2 aromatic rings. The van der Waals surface area contributed by atoms with Gasteiger partial charge in [0.2, 0.25) is 5.91 Å². The number of para-hydroxylation sites is 1. The van der Waals surface area contributed by atoms with E-state index in [-0.39, 0.29) is 18.3 Å². The molecule has 0 aliphatic carbocycles. The highest BCUT2D eigenvalue weighted by atomic mass is 35.5. The molecule has 7 heteroatoms. The van der Waals surface area contributed by atoms with Crippen molar-refractivity contribution in [1.82, 2.24) is 5.32 Å². The molecule has 3 rings (SSSR count). The normalized spacial score (nSPS) is 15.5. The Kier molecular flexibility index (Phi) is 7.92. The number of carbonyl (C=O) groups is 1. The van der Waals surface area contributed by atoms with Gasteiger partial charge in [-0.1, -0.05) is 48.0 Å².